The molecule has 0 radical (unpaired) electrons. The number of carbonyl (C=O) groups excluding carboxylic acids is 1. The normalized spacial score (nSPS) is 12.4. The summed E-state index contributed by atoms with van der Waals surface area (Å²) >= 11 is 0. The van der Waals surface area contributed by atoms with Gasteiger partial charge in [-0.1, -0.05) is 13.8 Å². The molecule has 1 unspecified atom stereocenters. The van der Waals surface area contributed by atoms with Crippen molar-refractivity contribution >= 4 is 11.9 Å². The van der Waals surface area contributed by atoms with E-state index in [1.54, 1.807) is 6.92 Å². The molecule has 22 heavy (non-hydrogen) atoms. The Labute approximate surface area is 130 Å². The minimum absolute atomic E-state index is 0.120. The summed E-state index contributed by atoms with van der Waals surface area (Å²) in [7, 11) is 0. The lowest BCUT2D eigenvalue weighted by molar-refractivity contribution is -0.122. The zero-order valence-corrected chi connectivity index (χ0v) is 13.6. The van der Waals surface area contributed by atoms with Crippen LogP contribution in [0.2, 0.25) is 0 Å². The molecule has 1 heterocycles. The molecular formula is C16H25NO5. The van der Waals surface area contributed by atoms with Crippen LogP contribution in [-0.4, -0.2) is 29.7 Å². The number of carboxylic acids is 1. The van der Waals surface area contributed by atoms with Crippen LogP contribution in [0.5, 0.6) is 0 Å². The van der Waals surface area contributed by atoms with Crippen molar-refractivity contribution in [2.24, 2.45) is 5.92 Å². The number of carbonyl (C=O) groups is 2. The Morgan fingerprint density at radius 1 is 1.36 bits per heavy atom. The number of hydrogen-bond donors (Lipinski definition) is 2. The molecule has 6 heteroatoms. The predicted octanol–water partition coefficient (Wildman–Crippen LogP) is 2.74. The van der Waals surface area contributed by atoms with Crippen LogP contribution in [0.15, 0.2) is 10.5 Å². The van der Waals surface area contributed by atoms with E-state index in [4.69, 9.17) is 14.3 Å². The summed E-state index contributed by atoms with van der Waals surface area (Å²) in [5.41, 5.74) is 0.120. The van der Waals surface area contributed by atoms with Crippen molar-refractivity contribution in [2.75, 3.05) is 6.61 Å². The van der Waals surface area contributed by atoms with Gasteiger partial charge in [0.1, 0.15) is 17.1 Å². The van der Waals surface area contributed by atoms with Crippen molar-refractivity contribution in [3.05, 3.63) is 23.2 Å². The smallest absolute Gasteiger partial charge is 0.339 e. The molecule has 124 valence electrons. The molecular weight excluding hydrogens is 286 g/mol. The van der Waals surface area contributed by atoms with E-state index in [0.29, 0.717) is 24.0 Å². The van der Waals surface area contributed by atoms with Crippen LogP contribution in [0.1, 0.15) is 55.5 Å². The molecule has 0 saturated heterocycles. The Kier molecular flexibility index (Phi) is 7.11. The van der Waals surface area contributed by atoms with Crippen LogP contribution in [0.3, 0.4) is 0 Å². The monoisotopic (exact) mass is 311 g/mol. The molecule has 0 spiro atoms. The molecule has 2 N–H and O–H groups in total. The molecule has 1 aromatic heterocycles. The largest absolute Gasteiger partial charge is 0.478 e. The first kappa shape index (κ1) is 18.2. The maximum absolute atomic E-state index is 11.7. The second-order valence-corrected chi connectivity index (χ2v) is 5.83. The highest BCUT2D eigenvalue weighted by Gasteiger charge is 2.14. The SMILES string of the molecule is Cc1oc(CNC(=O)CCOC(C)CC(C)C)cc1C(=O)O. The van der Waals surface area contributed by atoms with Crippen molar-refractivity contribution in [1.29, 1.82) is 0 Å². The second kappa shape index (κ2) is 8.58. The van der Waals surface area contributed by atoms with Crippen LogP contribution in [0.25, 0.3) is 0 Å². The first-order valence-electron chi connectivity index (χ1n) is 7.50. The number of carboxylic acid groups (broad SMARTS) is 1. The molecule has 0 saturated carbocycles. The number of amides is 1. The lowest BCUT2D eigenvalue weighted by Crippen LogP contribution is -2.24. The Morgan fingerprint density at radius 3 is 2.59 bits per heavy atom. The number of aryl methyl sites for hydroxylation is 1. The fourth-order valence-corrected chi connectivity index (χ4v) is 2.20. The Balaban J connectivity index is 2.29. The van der Waals surface area contributed by atoms with Gasteiger partial charge in [-0.15, -0.1) is 0 Å². The van der Waals surface area contributed by atoms with Crippen LogP contribution in [-0.2, 0) is 16.1 Å². The topological polar surface area (TPSA) is 88.8 Å². The number of ether oxygens (including phenoxy) is 1. The highest BCUT2D eigenvalue weighted by atomic mass is 16.5. The Hall–Kier alpha value is -1.82. The fraction of sp³-hybridized carbons (Fsp3) is 0.625. The van der Waals surface area contributed by atoms with Gasteiger partial charge >= 0.3 is 5.97 Å². The summed E-state index contributed by atoms with van der Waals surface area (Å²) in [4.78, 5) is 22.6. The molecule has 1 atom stereocenters. The third-order valence-electron chi connectivity index (χ3n) is 3.19. The number of furan rings is 1. The average molecular weight is 311 g/mol. The van der Waals surface area contributed by atoms with Crippen molar-refractivity contribution in [3.63, 3.8) is 0 Å². The first-order chi connectivity index (χ1) is 10.3. The van der Waals surface area contributed by atoms with Crippen LogP contribution >= 0.6 is 0 Å². The van der Waals surface area contributed by atoms with Crippen LogP contribution in [0, 0.1) is 12.8 Å². The van der Waals surface area contributed by atoms with E-state index < -0.39 is 5.97 Å². The van der Waals surface area contributed by atoms with Gasteiger partial charge in [0.25, 0.3) is 0 Å². The molecule has 6 nitrogen and oxygen atoms in total. The second-order valence-electron chi connectivity index (χ2n) is 5.83. The molecule has 0 bridgehead atoms. The molecule has 0 fully saturated rings. The van der Waals surface area contributed by atoms with E-state index in [1.807, 2.05) is 6.92 Å². The predicted molar refractivity (Wildman–Crippen MR) is 81.7 cm³/mol. The molecule has 0 aliphatic rings. The van der Waals surface area contributed by atoms with E-state index in [9.17, 15) is 9.59 Å². The molecule has 1 aromatic rings. The molecule has 0 aliphatic carbocycles. The van der Waals surface area contributed by atoms with Gasteiger partial charge < -0.3 is 19.6 Å². The van der Waals surface area contributed by atoms with E-state index in [0.717, 1.165) is 6.42 Å². The molecule has 0 aromatic carbocycles. The van der Waals surface area contributed by atoms with Gasteiger partial charge in [0.15, 0.2) is 0 Å². The van der Waals surface area contributed by atoms with Gasteiger partial charge in [-0.05, 0) is 32.3 Å². The third kappa shape index (κ3) is 6.30. The maximum atomic E-state index is 11.7. The van der Waals surface area contributed by atoms with Crippen molar-refractivity contribution in [3.8, 4) is 0 Å². The van der Waals surface area contributed by atoms with Crippen molar-refractivity contribution < 1.29 is 23.8 Å². The summed E-state index contributed by atoms with van der Waals surface area (Å²) in [5, 5.41) is 11.6. The minimum Gasteiger partial charge on any atom is -0.478 e. The highest BCUT2D eigenvalue weighted by molar-refractivity contribution is 5.88. The third-order valence-corrected chi connectivity index (χ3v) is 3.19. The molecule has 1 rings (SSSR count). The fourth-order valence-electron chi connectivity index (χ4n) is 2.20. The van der Waals surface area contributed by atoms with Crippen LogP contribution < -0.4 is 5.32 Å². The van der Waals surface area contributed by atoms with E-state index in [2.05, 4.69) is 19.2 Å². The lowest BCUT2D eigenvalue weighted by Gasteiger charge is -2.14. The number of aromatic carboxylic acids is 1. The quantitative estimate of drug-likeness (QED) is 0.732. The maximum Gasteiger partial charge on any atom is 0.339 e. The van der Waals surface area contributed by atoms with Gasteiger partial charge in [-0.3, -0.25) is 4.79 Å². The number of nitrogens with one attached hydrogen (secondary N) is 1. The van der Waals surface area contributed by atoms with Gasteiger partial charge in [0.05, 0.1) is 19.3 Å². The van der Waals surface area contributed by atoms with Gasteiger partial charge in [-0.25, -0.2) is 4.79 Å². The lowest BCUT2D eigenvalue weighted by atomic mass is 10.1. The van der Waals surface area contributed by atoms with Crippen LogP contribution in [0.4, 0.5) is 0 Å². The minimum atomic E-state index is -1.04. The standard InChI is InChI=1S/C16H25NO5/c1-10(2)7-11(3)21-6-5-15(18)17-9-13-8-14(16(19)20)12(4)22-13/h8,10-11H,5-7,9H2,1-4H3,(H,17,18)(H,19,20). The molecule has 1 amide bonds. The summed E-state index contributed by atoms with van der Waals surface area (Å²) < 4.78 is 10.9. The number of rotatable bonds is 9. The van der Waals surface area contributed by atoms with Gasteiger partial charge in [0, 0.05) is 6.42 Å². The van der Waals surface area contributed by atoms with E-state index in [1.165, 1.54) is 6.07 Å². The summed E-state index contributed by atoms with van der Waals surface area (Å²) in [5.74, 6) is 0.142. The Bertz CT molecular complexity index is 507. The summed E-state index contributed by atoms with van der Waals surface area (Å²) in [6.45, 7) is 8.38. The first-order valence-corrected chi connectivity index (χ1v) is 7.50. The Morgan fingerprint density at radius 2 is 2.05 bits per heavy atom. The number of hydrogen-bond acceptors (Lipinski definition) is 4. The summed E-state index contributed by atoms with van der Waals surface area (Å²) in [6.07, 6.45) is 1.37. The summed E-state index contributed by atoms with van der Waals surface area (Å²) in [6, 6.07) is 1.43. The van der Waals surface area contributed by atoms with Gasteiger partial charge in [-0.2, -0.15) is 0 Å². The average Bonchev–Trinajstić information content (AvgIpc) is 2.77. The zero-order chi connectivity index (χ0) is 16.7. The highest BCUT2D eigenvalue weighted by Crippen LogP contribution is 2.14. The van der Waals surface area contributed by atoms with Crippen molar-refractivity contribution in [1.82, 2.24) is 5.32 Å². The van der Waals surface area contributed by atoms with Gasteiger partial charge in [0.2, 0.25) is 5.91 Å². The van der Waals surface area contributed by atoms with Crippen molar-refractivity contribution in [2.45, 2.75) is 53.2 Å². The molecule has 0 aliphatic heterocycles. The van der Waals surface area contributed by atoms with E-state index >= 15 is 0 Å². The zero-order valence-electron chi connectivity index (χ0n) is 13.6. The van der Waals surface area contributed by atoms with E-state index in [-0.39, 0.29) is 30.5 Å².